The van der Waals surface area contributed by atoms with Gasteiger partial charge in [0.2, 0.25) is 5.13 Å². The Morgan fingerprint density at radius 3 is 2.92 bits per heavy atom. The number of hydrogen-bond acceptors (Lipinski definition) is 7. The van der Waals surface area contributed by atoms with Crippen molar-refractivity contribution in [1.29, 1.82) is 0 Å². The summed E-state index contributed by atoms with van der Waals surface area (Å²) in [7, 11) is 1.64. The first kappa shape index (κ1) is 17.9. The number of esters is 1. The maximum absolute atomic E-state index is 11.4. The standard InChI is InChI=1S/C17H21N3O3S/c1-5-23-15(21)8-14-10-24-17(19-14)20-18-9-13-7-11(2)6-12(3)16(13)22-4/h6-7,9-10H,5,8H2,1-4H3,(H,19,20). The molecule has 0 fully saturated rings. The molecule has 1 heterocycles. The highest BCUT2D eigenvalue weighted by Crippen LogP contribution is 2.23. The van der Waals surface area contributed by atoms with Crippen LogP contribution < -0.4 is 10.2 Å². The summed E-state index contributed by atoms with van der Waals surface area (Å²) in [4.78, 5) is 15.7. The number of benzene rings is 1. The van der Waals surface area contributed by atoms with Crippen molar-refractivity contribution in [1.82, 2.24) is 4.98 Å². The lowest BCUT2D eigenvalue weighted by Crippen LogP contribution is -2.07. The number of carbonyl (C=O) groups excluding carboxylic acids is 1. The number of thiazole rings is 1. The quantitative estimate of drug-likeness (QED) is 0.472. The molecule has 2 rings (SSSR count). The van der Waals surface area contributed by atoms with E-state index in [-0.39, 0.29) is 12.4 Å². The van der Waals surface area contributed by atoms with Crippen LogP contribution in [0.25, 0.3) is 0 Å². The average Bonchev–Trinajstić information content (AvgIpc) is 2.94. The SMILES string of the molecule is CCOC(=O)Cc1csc(NN=Cc2cc(C)cc(C)c2OC)n1. The molecule has 0 saturated heterocycles. The lowest BCUT2D eigenvalue weighted by atomic mass is 10.1. The van der Waals surface area contributed by atoms with Gasteiger partial charge in [-0.05, 0) is 38.0 Å². The average molecular weight is 347 g/mol. The van der Waals surface area contributed by atoms with Crippen molar-refractivity contribution in [2.75, 3.05) is 19.1 Å². The van der Waals surface area contributed by atoms with Crippen LogP contribution in [0.4, 0.5) is 5.13 Å². The van der Waals surface area contributed by atoms with Gasteiger partial charge in [0.15, 0.2) is 0 Å². The van der Waals surface area contributed by atoms with Crippen LogP contribution in [0.15, 0.2) is 22.6 Å². The third kappa shape index (κ3) is 4.79. The van der Waals surface area contributed by atoms with Gasteiger partial charge in [-0.25, -0.2) is 4.98 Å². The van der Waals surface area contributed by atoms with E-state index in [9.17, 15) is 4.79 Å². The second-order valence-electron chi connectivity index (χ2n) is 5.20. The Hall–Kier alpha value is -2.41. The minimum atomic E-state index is -0.280. The van der Waals surface area contributed by atoms with Gasteiger partial charge >= 0.3 is 5.97 Å². The summed E-state index contributed by atoms with van der Waals surface area (Å²) in [5.41, 5.74) is 6.64. The Labute approximate surface area is 145 Å². The summed E-state index contributed by atoms with van der Waals surface area (Å²) < 4.78 is 10.3. The first-order valence-electron chi connectivity index (χ1n) is 7.57. The maximum atomic E-state index is 11.4. The lowest BCUT2D eigenvalue weighted by molar-refractivity contribution is -0.142. The van der Waals surface area contributed by atoms with E-state index in [0.29, 0.717) is 17.4 Å². The molecule has 0 amide bonds. The number of rotatable bonds is 7. The number of hydrazone groups is 1. The van der Waals surface area contributed by atoms with Gasteiger partial charge in [-0.1, -0.05) is 6.07 Å². The molecule has 0 radical (unpaired) electrons. The van der Waals surface area contributed by atoms with Gasteiger partial charge in [0.25, 0.3) is 0 Å². The molecule has 6 nitrogen and oxygen atoms in total. The van der Waals surface area contributed by atoms with E-state index in [1.54, 1.807) is 20.2 Å². The molecule has 7 heteroatoms. The molecule has 1 N–H and O–H groups in total. The zero-order valence-electron chi connectivity index (χ0n) is 14.3. The summed E-state index contributed by atoms with van der Waals surface area (Å²) in [6.07, 6.45) is 1.87. The molecule has 0 aliphatic carbocycles. The Balaban J connectivity index is 2.02. The van der Waals surface area contributed by atoms with E-state index >= 15 is 0 Å². The smallest absolute Gasteiger partial charge is 0.311 e. The predicted octanol–water partition coefficient (Wildman–Crippen LogP) is 3.32. The number of anilines is 1. The summed E-state index contributed by atoms with van der Waals surface area (Å²) >= 11 is 1.39. The molecule has 0 spiro atoms. The molecule has 1 aromatic heterocycles. The molecule has 0 atom stereocenters. The van der Waals surface area contributed by atoms with Crippen LogP contribution in [0.5, 0.6) is 5.75 Å². The van der Waals surface area contributed by atoms with E-state index in [1.165, 1.54) is 11.3 Å². The van der Waals surface area contributed by atoms with Gasteiger partial charge in [0.1, 0.15) is 5.75 Å². The van der Waals surface area contributed by atoms with E-state index < -0.39 is 0 Å². The van der Waals surface area contributed by atoms with Crippen molar-refractivity contribution < 1.29 is 14.3 Å². The van der Waals surface area contributed by atoms with Crippen LogP contribution in [0.2, 0.25) is 0 Å². The zero-order valence-corrected chi connectivity index (χ0v) is 15.1. The monoisotopic (exact) mass is 347 g/mol. The fraction of sp³-hybridized carbons (Fsp3) is 0.353. The Morgan fingerprint density at radius 1 is 1.42 bits per heavy atom. The molecular weight excluding hydrogens is 326 g/mol. The molecule has 1 aromatic carbocycles. The minimum Gasteiger partial charge on any atom is -0.496 e. The molecule has 0 unspecified atom stereocenters. The van der Waals surface area contributed by atoms with Crippen LogP contribution in [-0.2, 0) is 16.0 Å². The van der Waals surface area contributed by atoms with Crippen LogP contribution in [0.1, 0.15) is 29.3 Å². The third-order valence-electron chi connectivity index (χ3n) is 3.20. The van der Waals surface area contributed by atoms with Gasteiger partial charge in [-0.3, -0.25) is 10.2 Å². The molecule has 24 heavy (non-hydrogen) atoms. The first-order chi connectivity index (χ1) is 11.5. The molecule has 2 aromatic rings. The van der Waals surface area contributed by atoms with E-state index in [4.69, 9.17) is 9.47 Å². The Bertz CT molecular complexity index is 741. The lowest BCUT2D eigenvalue weighted by Gasteiger charge is -2.09. The molecule has 0 bridgehead atoms. The molecular formula is C17H21N3O3S. The van der Waals surface area contributed by atoms with Gasteiger partial charge < -0.3 is 9.47 Å². The molecule has 0 saturated carbocycles. The van der Waals surface area contributed by atoms with E-state index in [0.717, 1.165) is 22.4 Å². The third-order valence-corrected chi connectivity index (χ3v) is 3.99. The molecule has 0 aliphatic rings. The van der Waals surface area contributed by atoms with Crippen LogP contribution >= 0.6 is 11.3 Å². The van der Waals surface area contributed by atoms with E-state index in [2.05, 4.69) is 21.6 Å². The van der Waals surface area contributed by atoms with Crippen molar-refractivity contribution >= 4 is 28.7 Å². The van der Waals surface area contributed by atoms with Crippen molar-refractivity contribution in [3.63, 3.8) is 0 Å². The second kappa shape index (κ2) is 8.44. The largest absolute Gasteiger partial charge is 0.496 e. The number of aryl methyl sites for hydroxylation is 2. The van der Waals surface area contributed by atoms with E-state index in [1.807, 2.05) is 25.3 Å². The number of carbonyl (C=O) groups is 1. The van der Waals surface area contributed by atoms with Gasteiger partial charge in [-0.2, -0.15) is 5.10 Å². The number of nitrogens with zero attached hydrogens (tertiary/aromatic N) is 2. The van der Waals surface area contributed by atoms with Crippen LogP contribution in [0, 0.1) is 13.8 Å². The first-order valence-corrected chi connectivity index (χ1v) is 8.45. The highest BCUT2D eigenvalue weighted by molar-refractivity contribution is 7.13. The number of ether oxygens (including phenoxy) is 2. The minimum absolute atomic E-state index is 0.167. The number of methoxy groups -OCH3 is 1. The Kier molecular flexibility index (Phi) is 6.31. The fourth-order valence-corrected chi connectivity index (χ4v) is 2.98. The van der Waals surface area contributed by atoms with Crippen molar-refractivity contribution in [3.8, 4) is 5.75 Å². The van der Waals surface area contributed by atoms with Crippen molar-refractivity contribution in [2.45, 2.75) is 27.2 Å². The fourth-order valence-electron chi connectivity index (χ4n) is 2.32. The normalized spacial score (nSPS) is 10.8. The molecule has 0 aliphatic heterocycles. The van der Waals surface area contributed by atoms with Crippen molar-refractivity contribution in [3.05, 3.63) is 39.9 Å². The molecule has 128 valence electrons. The van der Waals surface area contributed by atoms with Crippen LogP contribution in [0.3, 0.4) is 0 Å². The zero-order chi connectivity index (χ0) is 17.5. The summed E-state index contributed by atoms with van der Waals surface area (Å²) in [5.74, 6) is 0.520. The summed E-state index contributed by atoms with van der Waals surface area (Å²) in [6, 6.07) is 4.07. The maximum Gasteiger partial charge on any atom is 0.311 e. The highest BCUT2D eigenvalue weighted by Gasteiger charge is 2.08. The Morgan fingerprint density at radius 2 is 2.21 bits per heavy atom. The number of hydrogen-bond donors (Lipinski definition) is 1. The van der Waals surface area contributed by atoms with Gasteiger partial charge in [0.05, 0.1) is 32.0 Å². The number of aromatic nitrogens is 1. The van der Waals surface area contributed by atoms with Gasteiger partial charge in [0, 0.05) is 10.9 Å². The summed E-state index contributed by atoms with van der Waals surface area (Å²) in [5, 5.41) is 6.64. The second-order valence-corrected chi connectivity index (χ2v) is 6.06. The van der Waals surface area contributed by atoms with Crippen LogP contribution in [-0.4, -0.2) is 30.9 Å². The summed E-state index contributed by atoms with van der Waals surface area (Å²) in [6.45, 7) is 6.18. The van der Waals surface area contributed by atoms with Gasteiger partial charge in [-0.15, -0.1) is 11.3 Å². The predicted molar refractivity (Wildman–Crippen MR) is 96.1 cm³/mol. The van der Waals surface area contributed by atoms with Crippen molar-refractivity contribution in [2.24, 2.45) is 5.10 Å². The highest BCUT2D eigenvalue weighted by atomic mass is 32.1. The number of nitrogens with one attached hydrogen (secondary N) is 1. The topological polar surface area (TPSA) is 72.8 Å².